The van der Waals surface area contributed by atoms with E-state index in [1.54, 1.807) is 12.1 Å². The molecular weight excluding hydrogens is 354 g/mol. The number of aliphatic carboxylic acids is 1. The fraction of sp³-hybridized carbons (Fsp3) is 0.500. The van der Waals surface area contributed by atoms with E-state index in [9.17, 15) is 9.59 Å². The van der Waals surface area contributed by atoms with E-state index in [2.05, 4.69) is 6.58 Å². The number of nitrogens with zero attached hydrogens (tertiary/aromatic N) is 1. The van der Waals surface area contributed by atoms with Crippen molar-refractivity contribution in [1.82, 2.24) is 4.90 Å². The molecule has 1 aromatic carbocycles. The molecule has 5 nitrogen and oxygen atoms in total. The number of rotatable bonds is 10. The van der Waals surface area contributed by atoms with Gasteiger partial charge in [0.15, 0.2) is 0 Å². The molecule has 1 saturated heterocycles. The van der Waals surface area contributed by atoms with Gasteiger partial charge in [-0.15, -0.1) is 0 Å². The van der Waals surface area contributed by atoms with Crippen LogP contribution in [0.3, 0.4) is 0 Å². The predicted octanol–water partition coefficient (Wildman–Crippen LogP) is 4.30. The van der Waals surface area contributed by atoms with Crippen LogP contribution >= 0.6 is 11.6 Å². The minimum atomic E-state index is -0.927. The molecule has 1 amide bonds. The van der Waals surface area contributed by atoms with Crippen LogP contribution in [-0.4, -0.2) is 41.1 Å². The first-order valence-electron chi connectivity index (χ1n) is 9.09. The quantitative estimate of drug-likeness (QED) is 0.486. The number of carboxylic acids is 1. The standard InChI is InChI=1S/C20H26ClNO4/c1-15(19(23)22-13-6-8-18(22)20(24)25)7-4-2-3-5-14-26-17-11-9-16(21)10-12-17/h9-12,18H,1-8,13-14H2,(H,24,25)/t18-/m0/s1. The van der Waals surface area contributed by atoms with Crippen molar-refractivity contribution in [2.45, 2.75) is 51.0 Å². The molecular formula is C20H26ClNO4. The monoisotopic (exact) mass is 379 g/mol. The number of unbranched alkanes of at least 4 members (excludes halogenated alkanes) is 3. The first kappa shape index (κ1) is 20.3. The van der Waals surface area contributed by atoms with E-state index >= 15 is 0 Å². The maximum Gasteiger partial charge on any atom is 0.326 e. The number of amides is 1. The Morgan fingerprint density at radius 1 is 1.19 bits per heavy atom. The summed E-state index contributed by atoms with van der Waals surface area (Å²) in [7, 11) is 0. The van der Waals surface area contributed by atoms with E-state index in [0.29, 0.717) is 36.6 Å². The number of carboxylic acid groups (broad SMARTS) is 1. The molecule has 1 N–H and O–H groups in total. The van der Waals surface area contributed by atoms with E-state index in [1.807, 2.05) is 12.1 Å². The Hall–Kier alpha value is -2.01. The molecule has 0 saturated carbocycles. The number of benzene rings is 1. The van der Waals surface area contributed by atoms with Crippen LogP contribution in [0.25, 0.3) is 0 Å². The minimum Gasteiger partial charge on any atom is -0.494 e. The predicted molar refractivity (Wildman–Crippen MR) is 102 cm³/mol. The van der Waals surface area contributed by atoms with Crippen molar-refractivity contribution in [2.24, 2.45) is 0 Å². The van der Waals surface area contributed by atoms with Crippen molar-refractivity contribution < 1.29 is 19.4 Å². The summed E-state index contributed by atoms with van der Waals surface area (Å²) in [6.07, 6.45) is 5.69. The van der Waals surface area contributed by atoms with Crippen LogP contribution in [0.5, 0.6) is 5.75 Å². The zero-order valence-electron chi connectivity index (χ0n) is 15.0. The normalized spacial score (nSPS) is 16.5. The lowest BCUT2D eigenvalue weighted by Gasteiger charge is -2.22. The van der Waals surface area contributed by atoms with Gasteiger partial charge in [0, 0.05) is 17.1 Å². The van der Waals surface area contributed by atoms with E-state index in [4.69, 9.17) is 21.4 Å². The highest BCUT2D eigenvalue weighted by Crippen LogP contribution is 2.21. The van der Waals surface area contributed by atoms with Crippen LogP contribution < -0.4 is 4.74 Å². The summed E-state index contributed by atoms with van der Waals surface area (Å²) in [6.45, 7) is 5.01. The van der Waals surface area contributed by atoms with Crippen molar-refractivity contribution in [2.75, 3.05) is 13.2 Å². The summed E-state index contributed by atoms with van der Waals surface area (Å²) in [4.78, 5) is 25.0. The van der Waals surface area contributed by atoms with Gasteiger partial charge in [-0.1, -0.05) is 31.0 Å². The number of likely N-dealkylation sites (tertiary alicyclic amines) is 1. The van der Waals surface area contributed by atoms with Crippen molar-refractivity contribution in [3.63, 3.8) is 0 Å². The third-order valence-electron chi connectivity index (χ3n) is 4.56. The Kier molecular flexibility index (Phi) is 7.98. The molecule has 26 heavy (non-hydrogen) atoms. The Labute approximate surface area is 159 Å². The Morgan fingerprint density at radius 3 is 2.58 bits per heavy atom. The SMILES string of the molecule is C=C(CCCCCCOc1ccc(Cl)cc1)C(=O)N1CCC[C@H]1C(=O)O. The molecule has 0 bridgehead atoms. The first-order valence-corrected chi connectivity index (χ1v) is 9.47. The van der Waals surface area contributed by atoms with Gasteiger partial charge < -0.3 is 14.7 Å². The van der Waals surface area contributed by atoms with Gasteiger partial charge in [0.2, 0.25) is 5.91 Å². The molecule has 1 aliphatic heterocycles. The lowest BCUT2D eigenvalue weighted by atomic mass is 10.1. The van der Waals surface area contributed by atoms with Crippen LogP contribution in [0.15, 0.2) is 36.4 Å². The van der Waals surface area contributed by atoms with Crippen molar-refractivity contribution in [1.29, 1.82) is 0 Å². The van der Waals surface area contributed by atoms with Crippen molar-refractivity contribution in [3.8, 4) is 5.75 Å². The molecule has 1 aliphatic rings. The second kappa shape index (κ2) is 10.2. The highest BCUT2D eigenvalue weighted by Gasteiger charge is 2.34. The first-order chi connectivity index (χ1) is 12.5. The summed E-state index contributed by atoms with van der Waals surface area (Å²) >= 11 is 5.82. The molecule has 1 fully saturated rings. The molecule has 0 aromatic heterocycles. The Bertz CT molecular complexity index is 629. The third-order valence-corrected chi connectivity index (χ3v) is 4.81. The number of hydrogen-bond donors (Lipinski definition) is 1. The van der Waals surface area contributed by atoms with Crippen LogP contribution in [0.2, 0.25) is 5.02 Å². The minimum absolute atomic E-state index is 0.207. The van der Waals surface area contributed by atoms with Crippen LogP contribution in [0, 0.1) is 0 Å². The van der Waals surface area contributed by atoms with Gasteiger partial charge >= 0.3 is 5.97 Å². The maximum atomic E-state index is 12.3. The second-order valence-electron chi connectivity index (χ2n) is 6.56. The summed E-state index contributed by atoms with van der Waals surface area (Å²) in [5, 5.41) is 9.86. The highest BCUT2D eigenvalue weighted by molar-refractivity contribution is 6.30. The summed E-state index contributed by atoms with van der Waals surface area (Å²) in [5.74, 6) is -0.322. The number of carbonyl (C=O) groups excluding carboxylic acids is 1. The Balaban J connectivity index is 1.57. The van der Waals surface area contributed by atoms with Crippen LogP contribution in [-0.2, 0) is 9.59 Å². The fourth-order valence-electron chi connectivity index (χ4n) is 3.09. The Morgan fingerprint density at radius 2 is 1.88 bits per heavy atom. The number of hydrogen-bond acceptors (Lipinski definition) is 3. The zero-order valence-corrected chi connectivity index (χ0v) is 15.7. The molecule has 0 aliphatic carbocycles. The number of carbonyl (C=O) groups is 2. The third kappa shape index (κ3) is 6.06. The largest absolute Gasteiger partial charge is 0.494 e. The zero-order chi connectivity index (χ0) is 18.9. The lowest BCUT2D eigenvalue weighted by molar-refractivity contribution is -0.146. The lowest BCUT2D eigenvalue weighted by Crippen LogP contribution is -2.41. The fourth-order valence-corrected chi connectivity index (χ4v) is 3.22. The molecule has 0 unspecified atom stereocenters. The van der Waals surface area contributed by atoms with E-state index in [1.165, 1.54) is 4.90 Å². The molecule has 1 atom stereocenters. The molecule has 1 aromatic rings. The van der Waals surface area contributed by atoms with Crippen LogP contribution in [0.4, 0.5) is 0 Å². The smallest absolute Gasteiger partial charge is 0.326 e. The average Bonchev–Trinajstić information content (AvgIpc) is 3.11. The maximum absolute atomic E-state index is 12.3. The van der Waals surface area contributed by atoms with Gasteiger partial charge in [0.25, 0.3) is 0 Å². The van der Waals surface area contributed by atoms with E-state index < -0.39 is 12.0 Å². The number of halogens is 1. The summed E-state index contributed by atoms with van der Waals surface area (Å²) < 4.78 is 5.64. The molecule has 2 rings (SSSR count). The van der Waals surface area contributed by atoms with E-state index in [0.717, 1.165) is 37.9 Å². The second-order valence-corrected chi connectivity index (χ2v) is 7.00. The molecule has 0 spiro atoms. The van der Waals surface area contributed by atoms with Gasteiger partial charge in [-0.05, 0) is 56.4 Å². The van der Waals surface area contributed by atoms with Crippen LogP contribution in [0.1, 0.15) is 44.9 Å². The summed E-state index contributed by atoms with van der Waals surface area (Å²) in [6, 6.07) is 6.61. The van der Waals surface area contributed by atoms with Gasteiger partial charge in [-0.3, -0.25) is 4.79 Å². The van der Waals surface area contributed by atoms with Gasteiger partial charge in [0.05, 0.1) is 6.61 Å². The van der Waals surface area contributed by atoms with Crippen molar-refractivity contribution >= 4 is 23.5 Å². The molecule has 142 valence electrons. The van der Waals surface area contributed by atoms with Gasteiger partial charge in [-0.2, -0.15) is 0 Å². The number of ether oxygens (including phenoxy) is 1. The van der Waals surface area contributed by atoms with E-state index in [-0.39, 0.29) is 5.91 Å². The molecule has 6 heteroatoms. The molecule has 0 radical (unpaired) electrons. The van der Waals surface area contributed by atoms with Gasteiger partial charge in [0.1, 0.15) is 11.8 Å². The summed E-state index contributed by atoms with van der Waals surface area (Å²) in [5.41, 5.74) is 0.510. The van der Waals surface area contributed by atoms with Crippen molar-refractivity contribution in [3.05, 3.63) is 41.4 Å². The highest BCUT2D eigenvalue weighted by atomic mass is 35.5. The topological polar surface area (TPSA) is 66.8 Å². The van der Waals surface area contributed by atoms with Gasteiger partial charge in [-0.25, -0.2) is 4.79 Å². The average molecular weight is 380 g/mol. The molecule has 1 heterocycles.